The Morgan fingerprint density at radius 1 is 1.45 bits per heavy atom. The first-order valence-electron chi connectivity index (χ1n) is 3.80. The molecule has 0 aliphatic heterocycles. The molecule has 59 valence electrons. The van der Waals surface area contributed by atoms with E-state index in [1.54, 1.807) is 0 Å². The van der Waals surface area contributed by atoms with Gasteiger partial charge in [0.1, 0.15) is 0 Å². The fourth-order valence-electron chi connectivity index (χ4n) is 1.11. The van der Waals surface area contributed by atoms with Crippen LogP contribution in [0.2, 0.25) is 0 Å². The number of hydrogen-bond donors (Lipinski definition) is 0. The van der Waals surface area contributed by atoms with E-state index in [0.717, 1.165) is 6.54 Å². The van der Waals surface area contributed by atoms with Crippen LogP contribution in [0.1, 0.15) is 11.1 Å². The van der Waals surface area contributed by atoms with E-state index >= 15 is 0 Å². The summed E-state index contributed by atoms with van der Waals surface area (Å²) in [7, 11) is 4.15. The predicted octanol–water partition coefficient (Wildman–Crippen LogP) is 1.86. The van der Waals surface area contributed by atoms with Crippen LogP contribution in [0.15, 0.2) is 18.2 Å². The normalized spacial score (nSPS) is 10.5. The van der Waals surface area contributed by atoms with Crippen LogP contribution >= 0.6 is 0 Å². The van der Waals surface area contributed by atoms with Crippen LogP contribution in [-0.2, 0) is 6.54 Å². The zero-order chi connectivity index (χ0) is 8.27. The van der Waals surface area contributed by atoms with Crippen LogP contribution < -0.4 is 0 Å². The summed E-state index contributed by atoms with van der Waals surface area (Å²) in [6, 6.07) is 9.38. The summed E-state index contributed by atoms with van der Waals surface area (Å²) in [5.41, 5.74) is 2.57. The Balaban J connectivity index is 2.71. The predicted molar refractivity (Wildman–Crippen MR) is 47.4 cm³/mol. The molecule has 1 nitrogen and oxygen atoms in total. The maximum atomic E-state index is 3.13. The van der Waals surface area contributed by atoms with Crippen molar-refractivity contribution in [2.24, 2.45) is 0 Å². The van der Waals surface area contributed by atoms with Crippen LogP contribution in [0, 0.1) is 13.0 Å². The first kappa shape index (κ1) is 8.28. The molecule has 0 N–H and O–H groups in total. The van der Waals surface area contributed by atoms with Crippen LogP contribution in [0.5, 0.6) is 0 Å². The highest BCUT2D eigenvalue weighted by molar-refractivity contribution is 5.20. The molecule has 0 aromatic heterocycles. The zero-order valence-corrected chi connectivity index (χ0v) is 7.39. The van der Waals surface area contributed by atoms with Crippen LogP contribution in [0.3, 0.4) is 0 Å². The van der Waals surface area contributed by atoms with Gasteiger partial charge in [-0.15, -0.1) is 0 Å². The molecule has 1 aromatic carbocycles. The van der Waals surface area contributed by atoms with E-state index in [1.807, 2.05) is 6.07 Å². The van der Waals surface area contributed by atoms with Gasteiger partial charge < -0.3 is 4.90 Å². The molecule has 0 heterocycles. The molecule has 1 heteroatoms. The second-order valence-electron chi connectivity index (χ2n) is 3.12. The van der Waals surface area contributed by atoms with Gasteiger partial charge in [0, 0.05) is 6.54 Å². The molecular weight excluding hydrogens is 134 g/mol. The zero-order valence-electron chi connectivity index (χ0n) is 7.39. The molecule has 0 amide bonds. The second kappa shape index (κ2) is 3.54. The van der Waals surface area contributed by atoms with Gasteiger partial charge in [-0.25, -0.2) is 0 Å². The fourth-order valence-corrected chi connectivity index (χ4v) is 1.11. The molecule has 1 rings (SSSR count). The molecular formula is C10H14N. The van der Waals surface area contributed by atoms with Gasteiger partial charge >= 0.3 is 0 Å². The van der Waals surface area contributed by atoms with Crippen LogP contribution in [0.25, 0.3) is 0 Å². The van der Waals surface area contributed by atoms with Gasteiger partial charge in [0.15, 0.2) is 0 Å². The van der Waals surface area contributed by atoms with E-state index < -0.39 is 0 Å². The second-order valence-corrected chi connectivity index (χ2v) is 3.12. The summed E-state index contributed by atoms with van der Waals surface area (Å²) in [6.07, 6.45) is 0. The van der Waals surface area contributed by atoms with Gasteiger partial charge in [-0.05, 0) is 38.2 Å². The average molecular weight is 148 g/mol. The Bertz CT molecular complexity index is 228. The lowest BCUT2D eigenvalue weighted by Gasteiger charge is -2.09. The molecule has 0 unspecified atom stereocenters. The Morgan fingerprint density at radius 3 is 2.73 bits per heavy atom. The Hall–Kier alpha value is -0.820. The molecule has 0 saturated heterocycles. The van der Waals surface area contributed by atoms with E-state index in [0.29, 0.717) is 0 Å². The van der Waals surface area contributed by atoms with Crippen molar-refractivity contribution in [2.75, 3.05) is 14.1 Å². The number of hydrogen-bond acceptors (Lipinski definition) is 1. The van der Waals surface area contributed by atoms with Gasteiger partial charge in [0.05, 0.1) is 0 Å². The van der Waals surface area contributed by atoms with Gasteiger partial charge in [0.2, 0.25) is 0 Å². The first-order valence-corrected chi connectivity index (χ1v) is 3.80. The van der Waals surface area contributed by atoms with Crippen molar-refractivity contribution in [3.63, 3.8) is 0 Å². The van der Waals surface area contributed by atoms with Gasteiger partial charge in [0.25, 0.3) is 0 Å². The topological polar surface area (TPSA) is 3.24 Å². The van der Waals surface area contributed by atoms with Crippen LogP contribution in [-0.4, -0.2) is 19.0 Å². The molecule has 11 heavy (non-hydrogen) atoms. The van der Waals surface area contributed by atoms with E-state index in [2.05, 4.69) is 44.1 Å². The third kappa shape index (κ3) is 2.72. The smallest absolute Gasteiger partial charge is 0.0227 e. The Kier molecular flexibility index (Phi) is 2.66. The van der Waals surface area contributed by atoms with Crippen molar-refractivity contribution < 1.29 is 0 Å². The molecule has 0 fully saturated rings. The lowest BCUT2D eigenvalue weighted by Crippen LogP contribution is -2.10. The van der Waals surface area contributed by atoms with E-state index in [1.165, 1.54) is 11.1 Å². The molecule has 0 saturated carbocycles. The third-order valence-corrected chi connectivity index (χ3v) is 1.51. The Labute approximate surface area is 68.7 Å². The SMILES string of the molecule is Cc1[c]ccc(CN(C)C)c1. The lowest BCUT2D eigenvalue weighted by atomic mass is 10.1. The highest BCUT2D eigenvalue weighted by Gasteiger charge is 1.93. The molecule has 0 spiro atoms. The summed E-state index contributed by atoms with van der Waals surface area (Å²) in [5, 5.41) is 0. The molecule has 0 aliphatic rings. The largest absolute Gasteiger partial charge is 0.305 e. The van der Waals surface area contributed by atoms with Crippen LogP contribution in [0.4, 0.5) is 0 Å². The van der Waals surface area contributed by atoms with E-state index in [-0.39, 0.29) is 0 Å². The minimum absolute atomic E-state index is 1.01. The number of rotatable bonds is 2. The van der Waals surface area contributed by atoms with Gasteiger partial charge in [-0.3, -0.25) is 0 Å². The number of nitrogens with zero attached hydrogens (tertiary/aromatic N) is 1. The summed E-state index contributed by atoms with van der Waals surface area (Å²) in [5.74, 6) is 0. The molecule has 0 atom stereocenters. The maximum Gasteiger partial charge on any atom is 0.0227 e. The quantitative estimate of drug-likeness (QED) is 0.618. The van der Waals surface area contributed by atoms with Crippen molar-refractivity contribution in [2.45, 2.75) is 13.5 Å². The minimum atomic E-state index is 1.01. The molecule has 0 bridgehead atoms. The van der Waals surface area contributed by atoms with Crippen molar-refractivity contribution in [3.8, 4) is 0 Å². The number of aryl methyl sites for hydroxylation is 1. The molecule has 1 radical (unpaired) electrons. The third-order valence-electron chi connectivity index (χ3n) is 1.51. The highest BCUT2D eigenvalue weighted by Crippen LogP contribution is 2.04. The first-order chi connectivity index (χ1) is 5.18. The summed E-state index contributed by atoms with van der Waals surface area (Å²) >= 11 is 0. The number of benzene rings is 1. The van der Waals surface area contributed by atoms with E-state index in [9.17, 15) is 0 Å². The van der Waals surface area contributed by atoms with Gasteiger partial charge in [-0.2, -0.15) is 0 Å². The standard InChI is InChI=1S/C10H14N/c1-9-5-4-6-10(7-9)8-11(2)3/h4,6-7H,8H2,1-3H3. The lowest BCUT2D eigenvalue weighted by molar-refractivity contribution is 0.402. The van der Waals surface area contributed by atoms with Crippen molar-refractivity contribution >= 4 is 0 Å². The maximum absolute atomic E-state index is 3.13. The van der Waals surface area contributed by atoms with E-state index in [4.69, 9.17) is 0 Å². The Morgan fingerprint density at radius 2 is 2.18 bits per heavy atom. The summed E-state index contributed by atoms with van der Waals surface area (Å²) in [4.78, 5) is 2.16. The van der Waals surface area contributed by atoms with Crippen molar-refractivity contribution in [1.29, 1.82) is 0 Å². The summed E-state index contributed by atoms with van der Waals surface area (Å²) < 4.78 is 0. The van der Waals surface area contributed by atoms with Gasteiger partial charge in [-0.1, -0.05) is 18.2 Å². The highest BCUT2D eigenvalue weighted by atomic mass is 15.0. The minimum Gasteiger partial charge on any atom is -0.305 e. The molecule has 0 aliphatic carbocycles. The summed E-state index contributed by atoms with van der Waals surface area (Å²) in [6.45, 7) is 3.08. The average Bonchev–Trinajstić information content (AvgIpc) is 1.85. The fraction of sp³-hybridized carbons (Fsp3) is 0.400. The van der Waals surface area contributed by atoms with Crippen molar-refractivity contribution in [1.82, 2.24) is 4.90 Å². The molecule has 1 aromatic rings. The monoisotopic (exact) mass is 148 g/mol. The van der Waals surface area contributed by atoms with Crippen molar-refractivity contribution in [3.05, 3.63) is 35.4 Å².